The van der Waals surface area contributed by atoms with Crippen molar-refractivity contribution in [3.05, 3.63) is 12.2 Å². The molecule has 0 saturated heterocycles. The van der Waals surface area contributed by atoms with Crippen LogP contribution in [0.1, 0.15) is 79.1 Å². The van der Waals surface area contributed by atoms with Gasteiger partial charge in [-0.15, -0.1) is 0 Å². The number of carbonyl (C=O) groups excluding carboxylic acids is 1. The van der Waals surface area contributed by atoms with E-state index in [-0.39, 0.29) is 0 Å². The van der Waals surface area contributed by atoms with Crippen molar-refractivity contribution in [3.8, 4) is 0 Å². The van der Waals surface area contributed by atoms with Gasteiger partial charge in [0.2, 0.25) is 0 Å². The van der Waals surface area contributed by atoms with E-state index in [4.69, 9.17) is 5.11 Å². The quantitative estimate of drug-likeness (QED) is 0.152. The Hall–Kier alpha value is -0.521. The van der Waals surface area contributed by atoms with Gasteiger partial charge in [0.25, 0.3) is 0 Å². The van der Waals surface area contributed by atoms with Crippen molar-refractivity contribution in [2.75, 3.05) is 6.61 Å². The molecule has 0 unspecified atom stereocenters. The van der Waals surface area contributed by atoms with Crippen molar-refractivity contribution in [1.29, 1.82) is 0 Å². The zero-order valence-electron chi connectivity index (χ0n) is 16.8. The van der Waals surface area contributed by atoms with E-state index in [1.165, 1.54) is 38.5 Å². The van der Waals surface area contributed by atoms with E-state index in [0.717, 1.165) is 25.0 Å². The number of unbranched alkanes of at least 4 members (excludes halogenated alkanes) is 4. The van der Waals surface area contributed by atoms with Crippen LogP contribution in [-0.2, 0) is 14.3 Å². The minimum absolute atomic E-state index is 0.347. The number of carboxylic acid groups (broad SMARTS) is 1. The van der Waals surface area contributed by atoms with Gasteiger partial charge in [0.15, 0.2) is 0 Å². The fourth-order valence-electron chi connectivity index (χ4n) is 2.16. The number of hydrogen-bond donors (Lipinski definition) is 1. The van der Waals surface area contributed by atoms with Gasteiger partial charge in [0, 0.05) is 12.2 Å². The van der Waals surface area contributed by atoms with E-state index in [9.17, 15) is 9.59 Å². The third-order valence-electron chi connectivity index (χ3n) is 3.76. The first-order valence-corrected chi connectivity index (χ1v) is 16.0. The van der Waals surface area contributed by atoms with E-state index in [1.54, 1.807) is 13.3 Å². The average Bonchev–Trinajstić information content (AvgIpc) is 2.60. The second kappa shape index (κ2) is 21.5. The summed E-state index contributed by atoms with van der Waals surface area (Å²) in [5.41, 5.74) is 0. The average molecular weight is 462 g/mol. The Balaban J connectivity index is 0. The number of carboxylic acids is 1. The zero-order chi connectivity index (χ0) is 19.3. The molecule has 0 aromatic heterocycles. The van der Waals surface area contributed by atoms with Gasteiger partial charge in [-0.2, -0.15) is 0 Å². The molecule has 4 nitrogen and oxygen atoms in total. The summed E-state index contributed by atoms with van der Waals surface area (Å²) in [5, 5.41) is 8.14. The number of esters is 1. The molecule has 0 rings (SSSR count). The van der Waals surface area contributed by atoms with Crippen molar-refractivity contribution in [3.63, 3.8) is 0 Å². The summed E-state index contributed by atoms with van der Waals surface area (Å²) in [6, 6.07) is 0. The number of aliphatic carboxylic acids is 1. The Morgan fingerprint density at radius 3 is 1.60 bits per heavy atom. The first kappa shape index (κ1) is 26.7. The molecular formula is C20H39O4Sn. The topological polar surface area (TPSA) is 63.6 Å². The molecule has 0 heterocycles. The molecule has 0 spiro atoms. The fraction of sp³-hybridized carbons (Fsp3) is 0.800. The van der Waals surface area contributed by atoms with Crippen LogP contribution in [0.15, 0.2) is 12.2 Å². The summed E-state index contributed by atoms with van der Waals surface area (Å²) in [4.78, 5) is 20.6. The van der Waals surface area contributed by atoms with Crippen molar-refractivity contribution >= 4 is 31.7 Å². The van der Waals surface area contributed by atoms with Crippen LogP contribution in [0.25, 0.3) is 0 Å². The molecule has 0 aromatic rings. The molecule has 0 amide bonds. The summed E-state index contributed by atoms with van der Waals surface area (Å²) >= 11 is -0.839. The van der Waals surface area contributed by atoms with Crippen LogP contribution in [-0.4, -0.2) is 43.4 Å². The van der Waals surface area contributed by atoms with Gasteiger partial charge in [0.1, 0.15) is 0 Å². The molecule has 1 N–H and O–H groups in total. The van der Waals surface area contributed by atoms with Gasteiger partial charge in [0.05, 0.1) is 6.61 Å². The standard InChI is InChI=1S/C8H12O4.3C4H9.Sn/c1-2-3-6-12-8(11)5-4-7(9)10;3*1-3-4-2;/h4-5H,2-3,6H2,1H3,(H,9,10);3*1,3-4H2,2H3;. The summed E-state index contributed by atoms with van der Waals surface area (Å²) in [6.45, 7) is 9.32. The second-order valence-electron chi connectivity index (χ2n) is 6.25. The van der Waals surface area contributed by atoms with Gasteiger partial charge in [-0.3, -0.25) is 0 Å². The number of hydrogen-bond acceptors (Lipinski definition) is 3. The maximum absolute atomic E-state index is 10.6. The molecule has 0 aliphatic heterocycles. The van der Waals surface area contributed by atoms with Crippen molar-refractivity contribution in [2.45, 2.75) is 92.4 Å². The van der Waals surface area contributed by atoms with E-state index < -0.39 is 31.7 Å². The van der Waals surface area contributed by atoms with Gasteiger partial charge in [-0.1, -0.05) is 13.3 Å². The van der Waals surface area contributed by atoms with Crippen LogP contribution in [0.2, 0.25) is 13.3 Å². The van der Waals surface area contributed by atoms with Crippen LogP contribution < -0.4 is 0 Å². The van der Waals surface area contributed by atoms with Crippen LogP contribution in [0.3, 0.4) is 0 Å². The molecule has 0 aliphatic carbocycles. The number of carbonyl (C=O) groups is 2. The normalized spacial score (nSPS) is 10.6. The van der Waals surface area contributed by atoms with Crippen LogP contribution in [0.5, 0.6) is 0 Å². The van der Waals surface area contributed by atoms with Crippen molar-refractivity contribution in [2.24, 2.45) is 0 Å². The van der Waals surface area contributed by atoms with E-state index >= 15 is 0 Å². The molecular weight excluding hydrogens is 423 g/mol. The Bertz CT molecular complexity index is 324. The first-order valence-electron chi connectivity index (χ1n) is 9.92. The molecule has 0 aliphatic rings. The summed E-state index contributed by atoms with van der Waals surface area (Å²) in [5.74, 6) is -1.76. The molecule has 1 radical (unpaired) electrons. The summed E-state index contributed by atoms with van der Waals surface area (Å²) in [6.07, 6.45) is 12.2. The summed E-state index contributed by atoms with van der Waals surface area (Å²) in [7, 11) is 0. The maximum atomic E-state index is 10.6. The zero-order valence-corrected chi connectivity index (χ0v) is 19.7. The predicted octanol–water partition coefficient (Wildman–Crippen LogP) is 5.85. The first-order chi connectivity index (χ1) is 12.0. The van der Waals surface area contributed by atoms with Gasteiger partial charge >= 0.3 is 104 Å². The number of ether oxygens (including phenoxy) is 1. The molecule has 147 valence electrons. The molecule has 0 aromatic carbocycles. The van der Waals surface area contributed by atoms with Crippen LogP contribution in [0.4, 0.5) is 0 Å². The fourth-order valence-corrected chi connectivity index (χ4v) is 11.6. The van der Waals surface area contributed by atoms with Gasteiger partial charge in [-0.25, -0.2) is 9.59 Å². The van der Waals surface area contributed by atoms with E-state index in [2.05, 4.69) is 25.5 Å². The molecule has 0 bridgehead atoms. The Morgan fingerprint density at radius 1 is 0.800 bits per heavy atom. The Labute approximate surface area is 162 Å². The van der Waals surface area contributed by atoms with Gasteiger partial charge < -0.3 is 9.84 Å². The third kappa shape index (κ3) is 23.5. The molecule has 0 atom stereocenters. The SMILES string of the molecule is CCCCOC(=O)C=CC(=O)O.CCC[CH2][Sn]([CH2]CCC)[CH2]CCC. The molecule has 0 saturated carbocycles. The third-order valence-corrected chi connectivity index (χ3v) is 12.8. The van der Waals surface area contributed by atoms with Crippen LogP contribution in [0, 0.1) is 0 Å². The second-order valence-corrected chi connectivity index (χ2v) is 14.8. The molecule has 0 fully saturated rings. The Kier molecular flexibility index (Phi) is 23.0. The van der Waals surface area contributed by atoms with Gasteiger partial charge in [-0.05, 0) is 6.42 Å². The van der Waals surface area contributed by atoms with Crippen molar-refractivity contribution in [1.82, 2.24) is 0 Å². The monoisotopic (exact) mass is 463 g/mol. The summed E-state index contributed by atoms with van der Waals surface area (Å²) < 4.78 is 9.68. The Morgan fingerprint density at radius 2 is 1.24 bits per heavy atom. The minimum atomic E-state index is -1.15. The number of rotatable bonds is 14. The molecule has 25 heavy (non-hydrogen) atoms. The van der Waals surface area contributed by atoms with E-state index in [0.29, 0.717) is 6.61 Å². The predicted molar refractivity (Wildman–Crippen MR) is 108 cm³/mol. The van der Waals surface area contributed by atoms with Crippen molar-refractivity contribution < 1.29 is 19.4 Å². The molecule has 5 heteroatoms. The van der Waals surface area contributed by atoms with E-state index in [1.807, 2.05) is 6.92 Å². The van der Waals surface area contributed by atoms with Crippen LogP contribution >= 0.6 is 0 Å².